The summed E-state index contributed by atoms with van der Waals surface area (Å²) in [5, 5.41) is 17.7. The van der Waals surface area contributed by atoms with E-state index in [2.05, 4.69) is 0 Å². The van der Waals surface area contributed by atoms with Crippen molar-refractivity contribution < 1.29 is 10.2 Å². The molecular formula is C8H16O2. The maximum absolute atomic E-state index is 9.04. The summed E-state index contributed by atoms with van der Waals surface area (Å²) in [6.45, 7) is 5.59. The molecule has 2 nitrogen and oxygen atoms in total. The fourth-order valence-electron chi connectivity index (χ4n) is 0.641. The van der Waals surface area contributed by atoms with Crippen molar-refractivity contribution in [2.45, 2.75) is 26.9 Å². The molecule has 0 bridgehead atoms. The minimum absolute atomic E-state index is 0.0804. The van der Waals surface area contributed by atoms with Crippen molar-refractivity contribution in [3.8, 4) is 0 Å². The van der Waals surface area contributed by atoms with Crippen LogP contribution in [0.1, 0.15) is 20.8 Å². The second kappa shape index (κ2) is 4.47. The fraction of sp³-hybridized carbons (Fsp3) is 0.750. The molecule has 0 aromatic heterocycles. The maximum Gasteiger partial charge on any atom is 0.0639 e. The lowest BCUT2D eigenvalue weighted by Gasteiger charge is -2.09. The molecule has 0 rings (SSSR count). The van der Waals surface area contributed by atoms with E-state index in [9.17, 15) is 0 Å². The number of hydrogen-bond acceptors (Lipinski definition) is 2. The highest BCUT2D eigenvalue weighted by Gasteiger charge is 2.04. The molecule has 0 heterocycles. The third-order valence-corrected chi connectivity index (χ3v) is 1.56. The first kappa shape index (κ1) is 9.66. The van der Waals surface area contributed by atoms with Gasteiger partial charge in [0, 0.05) is 0 Å². The van der Waals surface area contributed by atoms with E-state index < -0.39 is 0 Å². The van der Waals surface area contributed by atoms with E-state index in [1.807, 2.05) is 19.9 Å². The molecule has 0 aliphatic heterocycles. The van der Waals surface area contributed by atoms with Crippen molar-refractivity contribution in [3.05, 3.63) is 11.6 Å². The van der Waals surface area contributed by atoms with Crippen LogP contribution in [0.2, 0.25) is 0 Å². The SMILES string of the molecule is C/C(=C/[C@@H](C)[C@@H](C)O)CO. The highest BCUT2D eigenvalue weighted by atomic mass is 16.3. The Morgan fingerprint density at radius 1 is 1.50 bits per heavy atom. The van der Waals surface area contributed by atoms with Gasteiger partial charge in [-0.25, -0.2) is 0 Å². The molecule has 0 amide bonds. The van der Waals surface area contributed by atoms with Gasteiger partial charge in [-0.3, -0.25) is 0 Å². The highest BCUT2D eigenvalue weighted by molar-refractivity contribution is 5.01. The molecule has 0 aromatic rings. The third-order valence-electron chi connectivity index (χ3n) is 1.56. The van der Waals surface area contributed by atoms with Gasteiger partial charge in [0.25, 0.3) is 0 Å². The molecule has 0 aliphatic rings. The molecule has 0 radical (unpaired) electrons. The maximum atomic E-state index is 9.04. The van der Waals surface area contributed by atoms with Gasteiger partial charge in [0.05, 0.1) is 12.7 Å². The van der Waals surface area contributed by atoms with Gasteiger partial charge in [0.15, 0.2) is 0 Å². The van der Waals surface area contributed by atoms with Crippen molar-refractivity contribution in [1.29, 1.82) is 0 Å². The Morgan fingerprint density at radius 3 is 2.30 bits per heavy atom. The minimum Gasteiger partial charge on any atom is -0.393 e. The summed E-state index contributed by atoms with van der Waals surface area (Å²) < 4.78 is 0. The average Bonchev–Trinajstić information content (AvgIpc) is 1.87. The van der Waals surface area contributed by atoms with Gasteiger partial charge in [0.1, 0.15) is 0 Å². The number of rotatable bonds is 3. The van der Waals surface area contributed by atoms with Crippen molar-refractivity contribution >= 4 is 0 Å². The molecule has 0 aliphatic carbocycles. The summed E-state index contributed by atoms with van der Waals surface area (Å²) >= 11 is 0. The zero-order valence-corrected chi connectivity index (χ0v) is 6.83. The van der Waals surface area contributed by atoms with E-state index in [0.29, 0.717) is 0 Å². The first-order valence-electron chi connectivity index (χ1n) is 3.54. The lowest BCUT2D eigenvalue weighted by atomic mass is 10.0. The zero-order valence-electron chi connectivity index (χ0n) is 6.83. The van der Waals surface area contributed by atoms with Gasteiger partial charge in [0.2, 0.25) is 0 Å². The van der Waals surface area contributed by atoms with Crippen LogP contribution in [-0.2, 0) is 0 Å². The number of aliphatic hydroxyl groups excluding tert-OH is 2. The number of aliphatic hydroxyl groups is 2. The predicted molar refractivity (Wildman–Crippen MR) is 41.7 cm³/mol. The predicted octanol–water partition coefficient (Wildman–Crippen LogP) is 0.942. The van der Waals surface area contributed by atoms with Crippen molar-refractivity contribution in [2.24, 2.45) is 5.92 Å². The van der Waals surface area contributed by atoms with Gasteiger partial charge in [-0.2, -0.15) is 0 Å². The number of hydrogen-bond donors (Lipinski definition) is 2. The van der Waals surface area contributed by atoms with Crippen LogP contribution in [0.3, 0.4) is 0 Å². The molecule has 0 aromatic carbocycles. The molecule has 0 fully saturated rings. The average molecular weight is 144 g/mol. The smallest absolute Gasteiger partial charge is 0.0639 e. The van der Waals surface area contributed by atoms with Crippen LogP contribution >= 0.6 is 0 Å². The molecule has 60 valence electrons. The van der Waals surface area contributed by atoms with Gasteiger partial charge in [-0.1, -0.05) is 18.6 Å². The fourth-order valence-corrected chi connectivity index (χ4v) is 0.641. The van der Waals surface area contributed by atoms with E-state index in [-0.39, 0.29) is 18.6 Å². The van der Waals surface area contributed by atoms with Crippen LogP contribution in [0, 0.1) is 5.92 Å². The summed E-state index contributed by atoms with van der Waals surface area (Å²) in [4.78, 5) is 0. The normalized spacial score (nSPS) is 18.7. The van der Waals surface area contributed by atoms with Gasteiger partial charge < -0.3 is 10.2 Å². The van der Waals surface area contributed by atoms with Crippen molar-refractivity contribution in [3.63, 3.8) is 0 Å². The van der Waals surface area contributed by atoms with Crippen LogP contribution < -0.4 is 0 Å². The van der Waals surface area contributed by atoms with E-state index in [4.69, 9.17) is 10.2 Å². The van der Waals surface area contributed by atoms with Crippen LogP contribution in [0.4, 0.5) is 0 Å². The summed E-state index contributed by atoms with van der Waals surface area (Å²) in [6, 6.07) is 0. The highest BCUT2D eigenvalue weighted by Crippen LogP contribution is 2.06. The van der Waals surface area contributed by atoms with E-state index in [1.54, 1.807) is 6.92 Å². The topological polar surface area (TPSA) is 40.5 Å². The van der Waals surface area contributed by atoms with Crippen LogP contribution in [0.15, 0.2) is 11.6 Å². The first-order chi connectivity index (χ1) is 4.57. The quantitative estimate of drug-likeness (QED) is 0.579. The summed E-state index contributed by atoms with van der Waals surface area (Å²) in [7, 11) is 0. The Bertz CT molecular complexity index is 116. The van der Waals surface area contributed by atoms with E-state index in [1.165, 1.54) is 0 Å². The molecule has 10 heavy (non-hydrogen) atoms. The molecule has 2 N–H and O–H groups in total. The largest absolute Gasteiger partial charge is 0.393 e. The lowest BCUT2D eigenvalue weighted by molar-refractivity contribution is 0.156. The van der Waals surface area contributed by atoms with E-state index >= 15 is 0 Å². The van der Waals surface area contributed by atoms with Crippen molar-refractivity contribution in [2.75, 3.05) is 6.61 Å². The molecule has 0 saturated carbocycles. The third kappa shape index (κ3) is 3.64. The molecule has 0 saturated heterocycles. The van der Waals surface area contributed by atoms with Gasteiger partial charge in [-0.15, -0.1) is 0 Å². The first-order valence-corrected chi connectivity index (χ1v) is 3.54. The Morgan fingerprint density at radius 2 is 2.00 bits per heavy atom. The second-order valence-electron chi connectivity index (χ2n) is 2.77. The molecule has 0 spiro atoms. The molecule has 2 atom stereocenters. The minimum atomic E-state index is -0.332. The van der Waals surface area contributed by atoms with E-state index in [0.717, 1.165) is 5.57 Å². The van der Waals surface area contributed by atoms with Gasteiger partial charge in [-0.05, 0) is 19.8 Å². The Kier molecular flexibility index (Phi) is 4.32. The van der Waals surface area contributed by atoms with Crippen LogP contribution in [0.5, 0.6) is 0 Å². The van der Waals surface area contributed by atoms with Crippen molar-refractivity contribution in [1.82, 2.24) is 0 Å². The molecule has 2 heteroatoms. The summed E-state index contributed by atoms with van der Waals surface area (Å²) in [6.07, 6.45) is 1.55. The second-order valence-corrected chi connectivity index (χ2v) is 2.77. The van der Waals surface area contributed by atoms with Crippen LogP contribution in [-0.4, -0.2) is 22.9 Å². The Hall–Kier alpha value is -0.340. The summed E-state index contributed by atoms with van der Waals surface area (Å²) in [5.41, 5.74) is 0.911. The monoisotopic (exact) mass is 144 g/mol. The molecule has 0 unspecified atom stereocenters. The lowest BCUT2D eigenvalue weighted by Crippen LogP contribution is -2.10. The Balaban J connectivity index is 3.86. The van der Waals surface area contributed by atoms with Gasteiger partial charge >= 0.3 is 0 Å². The van der Waals surface area contributed by atoms with Crippen LogP contribution in [0.25, 0.3) is 0 Å². The molecular weight excluding hydrogens is 128 g/mol. The standard InChI is InChI=1S/C8H16O2/c1-6(5-9)4-7(2)8(3)10/h4,7-10H,5H2,1-3H3/b6-4-/t7-,8-/m1/s1. The zero-order chi connectivity index (χ0) is 8.15. The summed E-state index contributed by atoms with van der Waals surface area (Å²) in [5.74, 6) is 0.132. The Labute approximate surface area is 62.2 Å².